The van der Waals surface area contributed by atoms with E-state index < -0.39 is 17.9 Å². The van der Waals surface area contributed by atoms with Crippen LogP contribution in [-0.2, 0) is 11.2 Å². The maximum absolute atomic E-state index is 11.4. The van der Waals surface area contributed by atoms with Gasteiger partial charge in [-0.25, -0.2) is 4.79 Å². The van der Waals surface area contributed by atoms with E-state index in [0.717, 1.165) is 11.3 Å². The molecule has 0 amide bonds. The van der Waals surface area contributed by atoms with Crippen LogP contribution in [0.1, 0.15) is 27.8 Å². The van der Waals surface area contributed by atoms with Crippen molar-refractivity contribution < 1.29 is 24.2 Å². The SMILES string of the molecule is CN(C)c1ccc(CC(C(=O)O)c2ccc(C(=O)O)o2)cc1. The van der Waals surface area contributed by atoms with Gasteiger partial charge in [0.15, 0.2) is 0 Å². The summed E-state index contributed by atoms with van der Waals surface area (Å²) in [6, 6.07) is 10.2. The number of hydrogen-bond acceptors (Lipinski definition) is 4. The summed E-state index contributed by atoms with van der Waals surface area (Å²) in [5, 5.41) is 18.2. The zero-order chi connectivity index (χ0) is 16.3. The van der Waals surface area contributed by atoms with Gasteiger partial charge in [-0.15, -0.1) is 0 Å². The summed E-state index contributed by atoms with van der Waals surface area (Å²) in [6.07, 6.45) is 0.232. The van der Waals surface area contributed by atoms with Gasteiger partial charge >= 0.3 is 11.9 Å². The minimum Gasteiger partial charge on any atom is -0.481 e. The van der Waals surface area contributed by atoms with E-state index in [4.69, 9.17) is 9.52 Å². The molecular weight excluding hydrogens is 286 g/mol. The first kappa shape index (κ1) is 15.6. The molecule has 2 aromatic rings. The predicted octanol–water partition coefficient (Wildman–Crippen LogP) is 2.45. The topological polar surface area (TPSA) is 91.0 Å². The number of nitrogens with zero attached hydrogens (tertiary/aromatic N) is 1. The number of aromatic carboxylic acids is 1. The first-order valence-electron chi connectivity index (χ1n) is 6.70. The normalized spacial score (nSPS) is 11.9. The van der Waals surface area contributed by atoms with Gasteiger partial charge in [0.1, 0.15) is 11.7 Å². The molecule has 6 heteroatoms. The third-order valence-electron chi connectivity index (χ3n) is 3.37. The molecule has 1 unspecified atom stereocenters. The van der Waals surface area contributed by atoms with Crippen LogP contribution in [0.15, 0.2) is 40.8 Å². The summed E-state index contributed by atoms with van der Waals surface area (Å²) in [7, 11) is 3.84. The van der Waals surface area contributed by atoms with E-state index in [1.54, 1.807) is 0 Å². The highest BCUT2D eigenvalue weighted by Crippen LogP contribution is 2.24. The van der Waals surface area contributed by atoms with Crippen molar-refractivity contribution in [3.05, 3.63) is 53.5 Å². The molecular formula is C16H17NO5. The standard InChI is InChI=1S/C16H17NO5/c1-17(2)11-5-3-10(4-6-11)9-12(15(18)19)13-7-8-14(22-13)16(20)21/h3-8,12H,9H2,1-2H3,(H,18,19)(H,20,21). The zero-order valence-corrected chi connectivity index (χ0v) is 12.3. The van der Waals surface area contributed by atoms with Crippen molar-refractivity contribution in [2.24, 2.45) is 0 Å². The Labute approximate surface area is 127 Å². The number of carbonyl (C=O) groups is 2. The number of benzene rings is 1. The number of carboxylic acids is 2. The number of hydrogen-bond donors (Lipinski definition) is 2. The van der Waals surface area contributed by atoms with Gasteiger partial charge < -0.3 is 19.5 Å². The molecule has 0 spiro atoms. The summed E-state index contributed by atoms with van der Waals surface area (Å²) in [5.74, 6) is -3.31. The van der Waals surface area contributed by atoms with E-state index in [2.05, 4.69) is 0 Å². The lowest BCUT2D eigenvalue weighted by Gasteiger charge is -2.14. The van der Waals surface area contributed by atoms with E-state index in [9.17, 15) is 14.7 Å². The third kappa shape index (κ3) is 3.46. The van der Waals surface area contributed by atoms with Crippen LogP contribution in [0.5, 0.6) is 0 Å². The molecule has 0 aliphatic heterocycles. The minimum atomic E-state index is -1.22. The fourth-order valence-electron chi connectivity index (χ4n) is 2.13. The van der Waals surface area contributed by atoms with Crippen molar-refractivity contribution in [1.29, 1.82) is 0 Å². The van der Waals surface area contributed by atoms with Crippen molar-refractivity contribution in [3.8, 4) is 0 Å². The highest BCUT2D eigenvalue weighted by atomic mass is 16.4. The second kappa shape index (κ2) is 6.34. The summed E-state index contributed by atoms with van der Waals surface area (Å²) >= 11 is 0. The fourth-order valence-corrected chi connectivity index (χ4v) is 2.13. The first-order chi connectivity index (χ1) is 10.4. The van der Waals surface area contributed by atoms with Crippen LogP contribution in [0.25, 0.3) is 0 Å². The molecule has 1 atom stereocenters. The summed E-state index contributed by atoms with van der Waals surface area (Å²) in [5.41, 5.74) is 1.85. The van der Waals surface area contributed by atoms with Crippen molar-refractivity contribution in [2.75, 3.05) is 19.0 Å². The molecule has 0 saturated carbocycles. The van der Waals surface area contributed by atoms with Crippen LogP contribution in [0.3, 0.4) is 0 Å². The number of rotatable bonds is 6. The van der Waals surface area contributed by atoms with Gasteiger partial charge in [-0.2, -0.15) is 0 Å². The average Bonchev–Trinajstić information content (AvgIpc) is 2.94. The van der Waals surface area contributed by atoms with Gasteiger partial charge in [0, 0.05) is 19.8 Å². The van der Waals surface area contributed by atoms with Crippen LogP contribution in [0.2, 0.25) is 0 Å². The van der Waals surface area contributed by atoms with E-state index in [0.29, 0.717) is 0 Å². The number of anilines is 1. The van der Waals surface area contributed by atoms with Crippen molar-refractivity contribution in [2.45, 2.75) is 12.3 Å². The van der Waals surface area contributed by atoms with Gasteiger partial charge in [0.2, 0.25) is 5.76 Å². The summed E-state index contributed by atoms with van der Waals surface area (Å²) < 4.78 is 5.11. The summed E-state index contributed by atoms with van der Waals surface area (Å²) in [6.45, 7) is 0. The van der Waals surface area contributed by atoms with E-state index >= 15 is 0 Å². The molecule has 0 bridgehead atoms. The lowest BCUT2D eigenvalue weighted by Crippen LogP contribution is -2.14. The Balaban J connectivity index is 2.21. The molecule has 0 radical (unpaired) electrons. The summed E-state index contributed by atoms with van der Waals surface area (Å²) in [4.78, 5) is 24.2. The third-order valence-corrected chi connectivity index (χ3v) is 3.37. The molecule has 0 aliphatic rings. The van der Waals surface area contributed by atoms with Gasteiger partial charge in [-0.05, 0) is 36.2 Å². The smallest absolute Gasteiger partial charge is 0.371 e. The average molecular weight is 303 g/mol. The Bertz CT molecular complexity index is 672. The van der Waals surface area contributed by atoms with Gasteiger partial charge in [0.25, 0.3) is 0 Å². The molecule has 1 aromatic carbocycles. The van der Waals surface area contributed by atoms with Gasteiger partial charge in [0.05, 0.1) is 0 Å². The highest BCUT2D eigenvalue weighted by Gasteiger charge is 2.25. The lowest BCUT2D eigenvalue weighted by molar-refractivity contribution is -0.139. The first-order valence-corrected chi connectivity index (χ1v) is 6.70. The molecule has 2 rings (SSSR count). The van der Waals surface area contributed by atoms with E-state index in [-0.39, 0.29) is 17.9 Å². The second-order valence-electron chi connectivity index (χ2n) is 5.16. The molecule has 6 nitrogen and oxygen atoms in total. The minimum absolute atomic E-state index is 0.140. The molecule has 0 fully saturated rings. The van der Waals surface area contributed by atoms with E-state index in [1.165, 1.54) is 12.1 Å². The van der Waals surface area contributed by atoms with Crippen LogP contribution in [0, 0.1) is 0 Å². The second-order valence-corrected chi connectivity index (χ2v) is 5.16. The van der Waals surface area contributed by atoms with Crippen molar-refractivity contribution in [3.63, 3.8) is 0 Å². The van der Waals surface area contributed by atoms with Gasteiger partial charge in [-0.3, -0.25) is 4.79 Å². The van der Waals surface area contributed by atoms with Crippen LogP contribution >= 0.6 is 0 Å². The molecule has 116 valence electrons. The highest BCUT2D eigenvalue weighted by molar-refractivity contribution is 5.84. The van der Waals surface area contributed by atoms with Crippen molar-refractivity contribution in [1.82, 2.24) is 0 Å². The van der Waals surface area contributed by atoms with Gasteiger partial charge in [-0.1, -0.05) is 12.1 Å². The Morgan fingerprint density at radius 3 is 2.18 bits per heavy atom. The van der Waals surface area contributed by atoms with Crippen LogP contribution in [-0.4, -0.2) is 36.2 Å². The Hall–Kier alpha value is -2.76. The zero-order valence-electron chi connectivity index (χ0n) is 12.3. The molecule has 0 saturated heterocycles. The largest absolute Gasteiger partial charge is 0.481 e. The van der Waals surface area contributed by atoms with Crippen LogP contribution in [0.4, 0.5) is 5.69 Å². The maximum Gasteiger partial charge on any atom is 0.371 e. The molecule has 1 aromatic heterocycles. The number of aliphatic carboxylic acids is 1. The molecule has 1 heterocycles. The molecule has 0 aliphatic carbocycles. The number of furan rings is 1. The monoisotopic (exact) mass is 303 g/mol. The lowest BCUT2D eigenvalue weighted by atomic mass is 9.97. The predicted molar refractivity (Wildman–Crippen MR) is 80.5 cm³/mol. The fraction of sp³-hybridized carbons (Fsp3) is 0.250. The molecule has 2 N–H and O–H groups in total. The quantitative estimate of drug-likeness (QED) is 0.851. The molecule has 22 heavy (non-hydrogen) atoms. The number of carboxylic acid groups (broad SMARTS) is 2. The van der Waals surface area contributed by atoms with Crippen LogP contribution < -0.4 is 4.90 Å². The Morgan fingerprint density at radius 2 is 1.73 bits per heavy atom. The maximum atomic E-state index is 11.4. The van der Waals surface area contributed by atoms with E-state index in [1.807, 2.05) is 43.3 Å². The Morgan fingerprint density at radius 1 is 1.09 bits per heavy atom. The van der Waals surface area contributed by atoms with Crippen molar-refractivity contribution >= 4 is 17.6 Å². The Kier molecular flexibility index (Phi) is 4.50.